The lowest BCUT2D eigenvalue weighted by Crippen LogP contribution is -2.41. The van der Waals surface area contributed by atoms with Crippen LogP contribution in [-0.4, -0.2) is 41.5 Å². The standard InChI is InChI=1S/C21H23NO5/c23-12-6-5-11-19(20(24)25)22-21(26)27-13-18-16-9-3-1-7-14(16)15-8-2-4-10-17(15)18/h1-4,7-10,18-19,23H,5-6,11-13H2,(H,22,26)(H,24,25)/t19-/m1/s1. The summed E-state index contributed by atoms with van der Waals surface area (Å²) >= 11 is 0. The van der Waals surface area contributed by atoms with Crippen LogP contribution in [0.25, 0.3) is 11.1 Å². The predicted molar refractivity (Wildman–Crippen MR) is 101 cm³/mol. The maximum atomic E-state index is 12.1. The highest BCUT2D eigenvalue weighted by Gasteiger charge is 2.29. The van der Waals surface area contributed by atoms with Crippen LogP contribution >= 0.6 is 0 Å². The molecule has 0 spiro atoms. The van der Waals surface area contributed by atoms with Crippen LogP contribution in [0, 0.1) is 0 Å². The molecule has 6 nitrogen and oxygen atoms in total. The summed E-state index contributed by atoms with van der Waals surface area (Å²) in [5.41, 5.74) is 4.47. The lowest BCUT2D eigenvalue weighted by molar-refractivity contribution is -0.139. The van der Waals surface area contributed by atoms with E-state index in [2.05, 4.69) is 17.4 Å². The van der Waals surface area contributed by atoms with Gasteiger partial charge in [-0.1, -0.05) is 48.5 Å². The number of fused-ring (bicyclic) bond motifs is 3. The predicted octanol–water partition coefficient (Wildman–Crippen LogP) is 3.14. The van der Waals surface area contributed by atoms with Gasteiger partial charge in [-0.3, -0.25) is 0 Å². The molecule has 27 heavy (non-hydrogen) atoms. The molecule has 6 heteroatoms. The van der Waals surface area contributed by atoms with E-state index < -0.39 is 18.1 Å². The van der Waals surface area contributed by atoms with E-state index in [-0.39, 0.29) is 25.6 Å². The van der Waals surface area contributed by atoms with Crippen LogP contribution in [0.2, 0.25) is 0 Å². The number of carbonyl (C=O) groups is 2. The maximum absolute atomic E-state index is 12.1. The summed E-state index contributed by atoms with van der Waals surface area (Å²) in [7, 11) is 0. The van der Waals surface area contributed by atoms with Crippen LogP contribution in [-0.2, 0) is 9.53 Å². The van der Waals surface area contributed by atoms with Crippen LogP contribution in [0.15, 0.2) is 48.5 Å². The van der Waals surface area contributed by atoms with Gasteiger partial charge in [0.1, 0.15) is 12.6 Å². The van der Waals surface area contributed by atoms with Gasteiger partial charge in [-0.2, -0.15) is 0 Å². The van der Waals surface area contributed by atoms with Gasteiger partial charge in [-0.25, -0.2) is 9.59 Å². The Morgan fingerprint density at radius 1 is 1.00 bits per heavy atom. The molecule has 3 N–H and O–H groups in total. The zero-order chi connectivity index (χ0) is 19.2. The van der Waals surface area contributed by atoms with Crippen molar-refractivity contribution in [2.45, 2.75) is 31.2 Å². The van der Waals surface area contributed by atoms with Crippen LogP contribution in [0.1, 0.15) is 36.3 Å². The molecular formula is C21H23NO5. The molecule has 1 aliphatic carbocycles. The second-order valence-electron chi connectivity index (χ2n) is 6.58. The van der Waals surface area contributed by atoms with E-state index >= 15 is 0 Å². The SMILES string of the molecule is O=C(N[C@H](CCCCO)C(=O)O)OCC1c2ccccc2-c2ccccc21. The minimum atomic E-state index is -1.11. The Hall–Kier alpha value is -2.86. The molecule has 2 aromatic rings. The first-order valence-electron chi connectivity index (χ1n) is 9.07. The zero-order valence-corrected chi connectivity index (χ0v) is 14.9. The number of carboxylic acids is 1. The number of hydrogen-bond acceptors (Lipinski definition) is 4. The molecule has 2 aromatic carbocycles. The van der Waals surface area contributed by atoms with Crippen molar-refractivity contribution in [2.75, 3.05) is 13.2 Å². The Balaban J connectivity index is 1.64. The van der Waals surface area contributed by atoms with E-state index in [4.69, 9.17) is 9.84 Å². The van der Waals surface area contributed by atoms with Gasteiger partial charge in [0.25, 0.3) is 0 Å². The minimum absolute atomic E-state index is 0.00270. The third-order valence-corrected chi connectivity index (χ3v) is 4.83. The van der Waals surface area contributed by atoms with Gasteiger partial charge in [-0.05, 0) is 41.5 Å². The maximum Gasteiger partial charge on any atom is 0.407 e. The molecule has 0 bridgehead atoms. The summed E-state index contributed by atoms with van der Waals surface area (Å²) in [6.07, 6.45) is 0.515. The molecule has 0 aromatic heterocycles. The molecule has 1 atom stereocenters. The fourth-order valence-corrected chi connectivity index (χ4v) is 3.50. The molecule has 0 saturated heterocycles. The summed E-state index contributed by atoms with van der Waals surface area (Å²) in [6, 6.07) is 15.0. The van der Waals surface area contributed by atoms with Gasteiger partial charge in [0.05, 0.1) is 0 Å². The fourth-order valence-electron chi connectivity index (χ4n) is 3.50. The van der Waals surface area contributed by atoms with Crippen molar-refractivity contribution in [1.82, 2.24) is 5.32 Å². The first-order valence-corrected chi connectivity index (χ1v) is 9.07. The number of aliphatic hydroxyl groups is 1. The third kappa shape index (κ3) is 4.28. The number of nitrogens with one attached hydrogen (secondary N) is 1. The van der Waals surface area contributed by atoms with Crippen LogP contribution in [0.4, 0.5) is 4.79 Å². The number of aliphatic carboxylic acids is 1. The van der Waals surface area contributed by atoms with E-state index in [1.807, 2.05) is 36.4 Å². The molecule has 0 fully saturated rings. The van der Waals surface area contributed by atoms with Crippen molar-refractivity contribution in [3.05, 3.63) is 59.7 Å². The Morgan fingerprint density at radius 3 is 2.15 bits per heavy atom. The number of ether oxygens (including phenoxy) is 1. The molecule has 0 unspecified atom stereocenters. The quantitative estimate of drug-likeness (QED) is 0.621. The van der Waals surface area contributed by atoms with Gasteiger partial charge >= 0.3 is 12.1 Å². The van der Waals surface area contributed by atoms with Crippen molar-refractivity contribution in [2.24, 2.45) is 0 Å². The molecular weight excluding hydrogens is 346 g/mol. The third-order valence-electron chi connectivity index (χ3n) is 4.83. The summed E-state index contributed by atoms with van der Waals surface area (Å²) in [5, 5.41) is 20.4. The average Bonchev–Trinajstić information content (AvgIpc) is 2.99. The Kier molecular flexibility index (Phi) is 6.08. The van der Waals surface area contributed by atoms with Gasteiger partial charge in [0, 0.05) is 12.5 Å². The highest BCUT2D eigenvalue weighted by molar-refractivity contribution is 5.81. The van der Waals surface area contributed by atoms with Gasteiger partial charge in [0.15, 0.2) is 0 Å². The van der Waals surface area contributed by atoms with Crippen molar-refractivity contribution >= 4 is 12.1 Å². The normalized spacial score (nSPS) is 13.5. The van der Waals surface area contributed by atoms with E-state index in [0.717, 1.165) is 22.3 Å². The molecule has 0 saturated carbocycles. The Labute approximate surface area is 157 Å². The van der Waals surface area contributed by atoms with Crippen molar-refractivity contribution in [3.8, 4) is 11.1 Å². The van der Waals surface area contributed by atoms with Gasteiger partial charge in [0.2, 0.25) is 0 Å². The van der Waals surface area contributed by atoms with Crippen molar-refractivity contribution in [3.63, 3.8) is 0 Å². The number of alkyl carbamates (subject to hydrolysis) is 1. The first-order chi connectivity index (χ1) is 13.1. The molecule has 1 amide bonds. The minimum Gasteiger partial charge on any atom is -0.480 e. The fraction of sp³-hybridized carbons (Fsp3) is 0.333. The molecule has 1 aliphatic rings. The number of carboxylic acid groups (broad SMARTS) is 1. The van der Waals surface area contributed by atoms with Crippen molar-refractivity contribution in [1.29, 1.82) is 0 Å². The summed E-state index contributed by atoms with van der Waals surface area (Å²) in [5.74, 6) is -1.18. The monoisotopic (exact) mass is 369 g/mol. The van der Waals surface area contributed by atoms with Crippen molar-refractivity contribution < 1.29 is 24.5 Å². The summed E-state index contributed by atoms with van der Waals surface area (Å²) in [6.45, 7) is 0.139. The number of unbranched alkanes of at least 4 members (excludes halogenated alkanes) is 1. The second-order valence-corrected chi connectivity index (χ2v) is 6.58. The summed E-state index contributed by atoms with van der Waals surface area (Å²) in [4.78, 5) is 23.4. The largest absolute Gasteiger partial charge is 0.480 e. The second kappa shape index (κ2) is 8.68. The Morgan fingerprint density at radius 2 is 1.59 bits per heavy atom. The number of carbonyl (C=O) groups excluding carboxylic acids is 1. The van der Waals surface area contributed by atoms with E-state index in [9.17, 15) is 14.7 Å². The lowest BCUT2D eigenvalue weighted by Gasteiger charge is -2.17. The van der Waals surface area contributed by atoms with E-state index in [1.165, 1.54) is 0 Å². The molecule has 0 radical (unpaired) electrons. The topological polar surface area (TPSA) is 95.9 Å². The first kappa shape index (κ1) is 18.9. The highest BCUT2D eigenvalue weighted by atomic mass is 16.5. The van der Waals surface area contributed by atoms with Crippen LogP contribution in [0.3, 0.4) is 0 Å². The number of hydrogen-bond donors (Lipinski definition) is 3. The smallest absolute Gasteiger partial charge is 0.407 e. The molecule has 142 valence electrons. The van der Waals surface area contributed by atoms with Crippen LogP contribution in [0.5, 0.6) is 0 Å². The number of aliphatic hydroxyl groups excluding tert-OH is 1. The number of rotatable bonds is 8. The summed E-state index contributed by atoms with van der Waals surface area (Å²) < 4.78 is 5.36. The van der Waals surface area contributed by atoms with E-state index in [0.29, 0.717) is 12.8 Å². The molecule has 3 rings (SSSR count). The van der Waals surface area contributed by atoms with Crippen LogP contribution < -0.4 is 5.32 Å². The number of amides is 1. The molecule has 0 aliphatic heterocycles. The average molecular weight is 369 g/mol. The Bertz CT molecular complexity index is 774. The molecule has 0 heterocycles. The highest BCUT2D eigenvalue weighted by Crippen LogP contribution is 2.44. The van der Waals surface area contributed by atoms with Gasteiger partial charge < -0.3 is 20.3 Å². The number of benzene rings is 2. The van der Waals surface area contributed by atoms with Gasteiger partial charge in [-0.15, -0.1) is 0 Å². The zero-order valence-electron chi connectivity index (χ0n) is 14.9. The van der Waals surface area contributed by atoms with E-state index in [1.54, 1.807) is 0 Å². The lowest BCUT2D eigenvalue weighted by atomic mass is 9.98.